The minimum absolute atomic E-state index is 0.0494. The molecule has 0 radical (unpaired) electrons. The molecule has 2 aromatic carbocycles. The van der Waals surface area contributed by atoms with Gasteiger partial charge in [-0.2, -0.15) is 0 Å². The smallest absolute Gasteiger partial charge is 0.257 e. The first-order valence-corrected chi connectivity index (χ1v) is 8.90. The number of aromatic amines is 1. The van der Waals surface area contributed by atoms with E-state index in [-0.39, 0.29) is 11.7 Å². The Morgan fingerprint density at radius 2 is 1.96 bits per heavy atom. The van der Waals surface area contributed by atoms with Crippen LogP contribution in [0.15, 0.2) is 42.5 Å². The van der Waals surface area contributed by atoms with Crippen molar-refractivity contribution in [3.63, 3.8) is 0 Å². The van der Waals surface area contributed by atoms with Crippen molar-refractivity contribution in [2.24, 2.45) is 0 Å². The van der Waals surface area contributed by atoms with Crippen LogP contribution in [0.2, 0.25) is 0 Å². The highest BCUT2D eigenvalue weighted by Gasteiger charge is 2.23. The van der Waals surface area contributed by atoms with Crippen LogP contribution in [0.1, 0.15) is 22.3 Å². The number of anilines is 1. The summed E-state index contributed by atoms with van der Waals surface area (Å²) in [4.78, 5) is 24.8. The maximum absolute atomic E-state index is 12.8. The lowest BCUT2D eigenvalue weighted by Crippen LogP contribution is -2.35. The molecule has 0 spiro atoms. The standard InChI is InChI=1S/C20H22N4O2/c1-14-7-8-15(18(25)13-14)19(26)23-9-4-10-24(12-11-23)20-21-16-5-2-3-6-17(16)22-20/h2-3,5-8,13,25H,4,9-12H2,1H3,(H,21,22). The fraction of sp³-hybridized carbons (Fsp3) is 0.300. The van der Waals surface area contributed by atoms with Crippen molar-refractivity contribution in [1.82, 2.24) is 14.9 Å². The average Bonchev–Trinajstić information content (AvgIpc) is 2.90. The van der Waals surface area contributed by atoms with Gasteiger partial charge in [0.15, 0.2) is 0 Å². The molecule has 6 nitrogen and oxygen atoms in total. The van der Waals surface area contributed by atoms with Gasteiger partial charge in [0.2, 0.25) is 5.95 Å². The van der Waals surface area contributed by atoms with E-state index in [2.05, 4.69) is 14.9 Å². The molecule has 6 heteroatoms. The lowest BCUT2D eigenvalue weighted by Gasteiger charge is -2.22. The number of aryl methyl sites for hydroxylation is 1. The SMILES string of the molecule is Cc1ccc(C(=O)N2CCCN(c3nc4ccccc4[nH]3)CC2)c(O)c1. The molecule has 4 rings (SSSR count). The number of aromatic hydroxyl groups is 1. The zero-order valence-electron chi connectivity index (χ0n) is 14.8. The number of carbonyl (C=O) groups is 1. The summed E-state index contributed by atoms with van der Waals surface area (Å²) < 4.78 is 0. The highest BCUT2D eigenvalue weighted by Crippen LogP contribution is 2.22. The third kappa shape index (κ3) is 3.10. The zero-order chi connectivity index (χ0) is 18.1. The number of hydrogen-bond acceptors (Lipinski definition) is 4. The summed E-state index contributed by atoms with van der Waals surface area (Å²) in [6, 6.07) is 13.2. The molecule has 0 saturated carbocycles. The minimum Gasteiger partial charge on any atom is -0.507 e. The Balaban J connectivity index is 1.50. The number of phenolic OH excluding ortho intramolecular Hbond substituents is 1. The van der Waals surface area contributed by atoms with E-state index in [1.807, 2.05) is 42.2 Å². The summed E-state index contributed by atoms with van der Waals surface area (Å²) >= 11 is 0. The van der Waals surface area contributed by atoms with Gasteiger partial charge in [0.05, 0.1) is 16.6 Å². The lowest BCUT2D eigenvalue weighted by molar-refractivity contribution is 0.0764. The van der Waals surface area contributed by atoms with Crippen molar-refractivity contribution in [2.75, 3.05) is 31.1 Å². The zero-order valence-corrected chi connectivity index (χ0v) is 14.8. The third-order valence-corrected chi connectivity index (χ3v) is 4.84. The van der Waals surface area contributed by atoms with E-state index in [9.17, 15) is 9.90 Å². The monoisotopic (exact) mass is 350 g/mol. The Hall–Kier alpha value is -3.02. The van der Waals surface area contributed by atoms with Gasteiger partial charge in [0.1, 0.15) is 5.75 Å². The second kappa shape index (κ2) is 6.71. The van der Waals surface area contributed by atoms with Gasteiger partial charge >= 0.3 is 0 Å². The number of imidazole rings is 1. The first-order chi connectivity index (χ1) is 12.6. The van der Waals surface area contributed by atoms with Gasteiger partial charge in [0.25, 0.3) is 5.91 Å². The molecule has 1 fully saturated rings. The molecule has 26 heavy (non-hydrogen) atoms. The topological polar surface area (TPSA) is 72.5 Å². The number of nitrogens with zero attached hydrogens (tertiary/aromatic N) is 3. The van der Waals surface area contributed by atoms with Crippen LogP contribution < -0.4 is 4.90 Å². The Labute approximate surface area is 152 Å². The number of para-hydroxylation sites is 2. The van der Waals surface area contributed by atoms with Crippen molar-refractivity contribution in [3.05, 3.63) is 53.6 Å². The highest BCUT2D eigenvalue weighted by atomic mass is 16.3. The van der Waals surface area contributed by atoms with Crippen molar-refractivity contribution >= 4 is 22.9 Å². The fourth-order valence-electron chi connectivity index (χ4n) is 3.41. The van der Waals surface area contributed by atoms with Crippen LogP contribution in [-0.4, -0.2) is 52.1 Å². The number of aromatic nitrogens is 2. The Morgan fingerprint density at radius 3 is 2.77 bits per heavy atom. The van der Waals surface area contributed by atoms with E-state index in [1.165, 1.54) is 0 Å². The van der Waals surface area contributed by atoms with Gasteiger partial charge in [-0.1, -0.05) is 18.2 Å². The number of phenols is 1. The molecule has 1 aliphatic rings. The summed E-state index contributed by atoms with van der Waals surface area (Å²) in [6.45, 7) is 4.71. The molecule has 1 aliphatic heterocycles. The van der Waals surface area contributed by atoms with Gasteiger partial charge < -0.3 is 19.9 Å². The van der Waals surface area contributed by atoms with Gasteiger partial charge in [-0.05, 0) is 43.2 Å². The molecule has 1 amide bonds. The quantitative estimate of drug-likeness (QED) is 0.745. The molecule has 0 bridgehead atoms. The maximum atomic E-state index is 12.8. The average molecular weight is 350 g/mol. The summed E-state index contributed by atoms with van der Waals surface area (Å²) in [7, 11) is 0. The van der Waals surface area contributed by atoms with Crippen LogP contribution in [0.4, 0.5) is 5.95 Å². The Kier molecular flexibility index (Phi) is 4.24. The summed E-state index contributed by atoms with van der Waals surface area (Å²) in [5.74, 6) is 0.779. The van der Waals surface area contributed by atoms with Crippen LogP contribution in [0.25, 0.3) is 11.0 Å². The lowest BCUT2D eigenvalue weighted by atomic mass is 10.1. The van der Waals surface area contributed by atoms with E-state index in [0.29, 0.717) is 25.2 Å². The summed E-state index contributed by atoms with van der Waals surface area (Å²) in [5.41, 5.74) is 3.27. The van der Waals surface area contributed by atoms with Crippen LogP contribution in [0, 0.1) is 6.92 Å². The molecule has 2 heterocycles. The fourth-order valence-corrected chi connectivity index (χ4v) is 3.41. The van der Waals surface area contributed by atoms with E-state index in [4.69, 9.17) is 0 Å². The largest absolute Gasteiger partial charge is 0.507 e. The molecule has 0 unspecified atom stereocenters. The van der Waals surface area contributed by atoms with Gasteiger partial charge in [-0.15, -0.1) is 0 Å². The number of rotatable bonds is 2. The molecule has 134 valence electrons. The number of H-pyrrole nitrogens is 1. The summed E-state index contributed by atoms with van der Waals surface area (Å²) in [6.07, 6.45) is 0.857. The van der Waals surface area contributed by atoms with Crippen LogP contribution in [0.5, 0.6) is 5.75 Å². The predicted molar refractivity (Wildman–Crippen MR) is 102 cm³/mol. The number of nitrogens with one attached hydrogen (secondary N) is 1. The molecule has 0 aliphatic carbocycles. The molecule has 1 aromatic heterocycles. The summed E-state index contributed by atoms with van der Waals surface area (Å²) in [5, 5.41) is 10.1. The molecule has 2 N–H and O–H groups in total. The van der Waals surface area contributed by atoms with Gasteiger partial charge in [0, 0.05) is 26.2 Å². The molecule has 3 aromatic rings. The Bertz CT molecular complexity index is 917. The predicted octanol–water partition coefficient (Wildman–Crippen LogP) is 2.93. The Morgan fingerprint density at radius 1 is 1.12 bits per heavy atom. The molecular formula is C20H22N4O2. The molecule has 0 atom stereocenters. The van der Waals surface area contributed by atoms with Gasteiger partial charge in [-0.25, -0.2) is 4.98 Å². The van der Waals surface area contributed by atoms with E-state index in [1.54, 1.807) is 12.1 Å². The normalized spacial score (nSPS) is 15.3. The number of carbonyl (C=O) groups excluding carboxylic acids is 1. The van der Waals surface area contributed by atoms with Gasteiger partial charge in [-0.3, -0.25) is 4.79 Å². The van der Waals surface area contributed by atoms with Crippen molar-refractivity contribution in [2.45, 2.75) is 13.3 Å². The number of benzene rings is 2. The second-order valence-electron chi connectivity index (χ2n) is 6.73. The van der Waals surface area contributed by atoms with Crippen LogP contribution >= 0.6 is 0 Å². The van der Waals surface area contributed by atoms with Crippen LogP contribution in [0.3, 0.4) is 0 Å². The van der Waals surface area contributed by atoms with Crippen LogP contribution in [-0.2, 0) is 0 Å². The molecular weight excluding hydrogens is 328 g/mol. The number of fused-ring (bicyclic) bond motifs is 1. The highest BCUT2D eigenvalue weighted by molar-refractivity contribution is 5.97. The first-order valence-electron chi connectivity index (χ1n) is 8.90. The molecule has 1 saturated heterocycles. The van der Waals surface area contributed by atoms with Crippen molar-refractivity contribution < 1.29 is 9.90 Å². The van der Waals surface area contributed by atoms with E-state index < -0.39 is 0 Å². The minimum atomic E-state index is -0.117. The number of hydrogen-bond donors (Lipinski definition) is 2. The van der Waals surface area contributed by atoms with Crippen molar-refractivity contribution in [3.8, 4) is 5.75 Å². The number of amides is 1. The maximum Gasteiger partial charge on any atom is 0.257 e. The second-order valence-corrected chi connectivity index (χ2v) is 6.73. The van der Waals surface area contributed by atoms with E-state index in [0.717, 1.165) is 35.5 Å². The first kappa shape index (κ1) is 16.4. The third-order valence-electron chi connectivity index (χ3n) is 4.84. The van der Waals surface area contributed by atoms with Crippen molar-refractivity contribution in [1.29, 1.82) is 0 Å². The van der Waals surface area contributed by atoms with E-state index >= 15 is 0 Å².